The highest BCUT2D eigenvalue weighted by molar-refractivity contribution is 6.09. The number of urea groups is 1. The van der Waals surface area contributed by atoms with Crippen molar-refractivity contribution in [2.75, 3.05) is 13.1 Å². The van der Waals surface area contributed by atoms with Gasteiger partial charge in [-0.25, -0.2) is 4.79 Å². The second kappa shape index (κ2) is 9.08. The van der Waals surface area contributed by atoms with Crippen LogP contribution in [0.4, 0.5) is 18.0 Å². The quantitative estimate of drug-likeness (QED) is 0.530. The van der Waals surface area contributed by atoms with Gasteiger partial charge in [-0.1, -0.05) is 38.7 Å². The third kappa shape index (κ3) is 5.67. The normalized spacial score (nSPS) is 23.2. The van der Waals surface area contributed by atoms with Gasteiger partial charge in [-0.05, 0) is 55.2 Å². The molecule has 9 heteroatoms. The number of nitrogens with one attached hydrogen (secondary N) is 2. The summed E-state index contributed by atoms with van der Waals surface area (Å²) in [5.41, 5.74) is -1.45. The summed E-state index contributed by atoms with van der Waals surface area (Å²) in [6.07, 6.45) is -1.74. The van der Waals surface area contributed by atoms with E-state index in [4.69, 9.17) is 0 Å². The van der Waals surface area contributed by atoms with Crippen LogP contribution < -0.4 is 10.6 Å². The van der Waals surface area contributed by atoms with E-state index in [1.54, 1.807) is 0 Å². The first-order valence-electron chi connectivity index (χ1n) is 10.9. The molecule has 2 aliphatic rings. The fourth-order valence-corrected chi connectivity index (χ4v) is 4.40. The molecule has 4 amide bonds. The Kier molecular flexibility index (Phi) is 6.78. The van der Waals surface area contributed by atoms with Crippen molar-refractivity contribution >= 4 is 17.8 Å². The number of rotatable bonds is 3. The summed E-state index contributed by atoms with van der Waals surface area (Å²) in [5, 5.41) is 5.27. The van der Waals surface area contributed by atoms with Crippen molar-refractivity contribution in [1.82, 2.24) is 15.5 Å². The Bertz CT molecular complexity index is 994. The largest absolute Gasteiger partial charge is 0.416 e. The predicted molar refractivity (Wildman–Crippen MR) is 116 cm³/mol. The van der Waals surface area contributed by atoms with Gasteiger partial charge in [0.25, 0.3) is 5.91 Å². The fraction of sp³-hybridized carbons (Fsp3) is 0.542. The minimum Gasteiger partial charge on any atom is -0.344 e. The van der Waals surface area contributed by atoms with Gasteiger partial charge in [-0.3, -0.25) is 14.5 Å². The zero-order chi connectivity index (χ0) is 24.4. The molecule has 0 radical (unpaired) electrons. The maximum atomic E-state index is 13.0. The second-order valence-corrected chi connectivity index (χ2v) is 9.70. The Hall–Kier alpha value is -3.02. The summed E-state index contributed by atoms with van der Waals surface area (Å²) in [6.45, 7) is 5.93. The number of nitrogens with zero attached hydrogens (tertiary/aromatic N) is 1. The molecule has 1 saturated heterocycles. The van der Waals surface area contributed by atoms with Crippen LogP contribution >= 0.6 is 0 Å². The molecule has 1 aliphatic carbocycles. The summed E-state index contributed by atoms with van der Waals surface area (Å²) in [6, 6.07) is 3.99. The molecule has 33 heavy (non-hydrogen) atoms. The molecule has 178 valence electrons. The van der Waals surface area contributed by atoms with Crippen LogP contribution in [0.15, 0.2) is 24.3 Å². The summed E-state index contributed by atoms with van der Waals surface area (Å²) in [7, 11) is 0. The topological polar surface area (TPSA) is 78.5 Å². The molecule has 1 heterocycles. The number of alkyl halides is 3. The second-order valence-electron chi connectivity index (χ2n) is 9.70. The van der Waals surface area contributed by atoms with Gasteiger partial charge in [0.05, 0.1) is 12.1 Å². The molecule has 1 aromatic rings. The van der Waals surface area contributed by atoms with Gasteiger partial charge in [-0.2, -0.15) is 13.2 Å². The zero-order valence-corrected chi connectivity index (χ0v) is 18.9. The van der Waals surface area contributed by atoms with E-state index in [2.05, 4.69) is 43.2 Å². The Balaban J connectivity index is 1.53. The summed E-state index contributed by atoms with van der Waals surface area (Å²) in [5.74, 6) is 4.65. The van der Waals surface area contributed by atoms with E-state index in [9.17, 15) is 27.6 Å². The predicted octanol–water partition coefficient (Wildman–Crippen LogP) is 3.70. The summed E-state index contributed by atoms with van der Waals surface area (Å²) < 4.78 is 38.3. The van der Waals surface area contributed by atoms with Gasteiger partial charge in [0.15, 0.2) is 0 Å². The van der Waals surface area contributed by atoms with Crippen molar-refractivity contribution in [1.29, 1.82) is 0 Å². The van der Waals surface area contributed by atoms with Crippen LogP contribution in [-0.2, 0) is 15.8 Å². The highest BCUT2D eigenvalue weighted by atomic mass is 19.4. The van der Waals surface area contributed by atoms with Crippen molar-refractivity contribution in [2.45, 2.75) is 58.2 Å². The standard InChI is InChI=1S/C24H28F3N3O3/c1-22(2,3)17-9-11-23(12-10-17)20(32)30(21(33)29-23)15-19(31)28-13-5-7-16-6-4-8-18(14-16)24(25,26)27/h4,6,8,14,17H,9-13,15H2,1-3H3,(H,28,31)(H,29,33). The lowest BCUT2D eigenvalue weighted by molar-refractivity contribution is -0.137. The van der Waals surface area contributed by atoms with Crippen molar-refractivity contribution in [3.05, 3.63) is 35.4 Å². The average Bonchev–Trinajstić information content (AvgIpc) is 2.94. The van der Waals surface area contributed by atoms with E-state index in [0.717, 1.165) is 29.9 Å². The number of hydrogen-bond acceptors (Lipinski definition) is 3. The number of carbonyl (C=O) groups is 3. The number of halogens is 3. The molecule has 1 saturated carbocycles. The molecule has 1 aromatic carbocycles. The zero-order valence-electron chi connectivity index (χ0n) is 18.9. The van der Waals surface area contributed by atoms with Gasteiger partial charge in [0.2, 0.25) is 5.91 Å². The first-order valence-corrected chi connectivity index (χ1v) is 10.9. The van der Waals surface area contributed by atoms with E-state index < -0.39 is 35.8 Å². The molecule has 6 nitrogen and oxygen atoms in total. The van der Waals surface area contributed by atoms with Crippen molar-refractivity contribution < 1.29 is 27.6 Å². The van der Waals surface area contributed by atoms with E-state index in [0.29, 0.717) is 18.8 Å². The monoisotopic (exact) mass is 463 g/mol. The maximum absolute atomic E-state index is 13.0. The maximum Gasteiger partial charge on any atom is 0.416 e. The smallest absolute Gasteiger partial charge is 0.344 e. The minimum absolute atomic E-state index is 0.127. The van der Waals surface area contributed by atoms with Gasteiger partial charge in [0.1, 0.15) is 12.1 Å². The lowest BCUT2D eigenvalue weighted by atomic mass is 9.67. The summed E-state index contributed by atoms with van der Waals surface area (Å²) in [4.78, 5) is 38.5. The summed E-state index contributed by atoms with van der Waals surface area (Å²) >= 11 is 0. The number of carbonyl (C=O) groups excluding carboxylic acids is 3. The Morgan fingerprint density at radius 2 is 1.88 bits per heavy atom. The molecular formula is C24H28F3N3O3. The Morgan fingerprint density at radius 1 is 1.21 bits per heavy atom. The van der Waals surface area contributed by atoms with E-state index in [1.165, 1.54) is 12.1 Å². The first kappa shape index (κ1) is 24.6. The van der Waals surface area contributed by atoms with Crippen LogP contribution in [0.1, 0.15) is 57.6 Å². The van der Waals surface area contributed by atoms with Crippen LogP contribution in [0.25, 0.3) is 0 Å². The lowest BCUT2D eigenvalue weighted by Crippen LogP contribution is -2.51. The highest BCUT2D eigenvalue weighted by Crippen LogP contribution is 2.43. The number of amides is 4. The van der Waals surface area contributed by atoms with Gasteiger partial charge in [0, 0.05) is 5.56 Å². The van der Waals surface area contributed by atoms with Crippen molar-refractivity contribution in [2.24, 2.45) is 11.3 Å². The first-order chi connectivity index (χ1) is 15.3. The molecule has 0 atom stereocenters. The van der Waals surface area contributed by atoms with Crippen molar-refractivity contribution in [3.63, 3.8) is 0 Å². The fourth-order valence-electron chi connectivity index (χ4n) is 4.40. The molecule has 1 aliphatic heterocycles. The van der Waals surface area contributed by atoms with Crippen LogP contribution in [0.5, 0.6) is 0 Å². The van der Waals surface area contributed by atoms with Crippen LogP contribution in [0, 0.1) is 23.2 Å². The van der Waals surface area contributed by atoms with E-state index in [1.807, 2.05) is 0 Å². The Morgan fingerprint density at radius 3 is 2.48 bits per heavy atom. The number of imide groups is 1. The molecular weight excluding hydrogens is 435 g/mol. The SMILES string of the molecule is CC(C)(C)C1CCC2(CC1)NC(=O)N(CC(=O)NCC#Cc1cccc(C(F)(F)F)c1)C2=O. The van der Waals surface area contributed by atoms with E-state index >= 15 is 0 Å². The average molecular weight is 464 g/mol. The third-order valence-electron chi connectivity index (χ3n) is 6.41. The lowest BCUT2D eigenvalue weighted by Gasteiger charge is -2.40. The van der Waals surface area contributed by atoms with Gasteiger partial charge in [-0.15, -0.1) is 0 Å². The van der Waals surface area contributed by atoms with Crippen LogP contribution in [-0.4, -0.2) is 41.4 Å². The highest BCUT2D eigenvalue weighted by Gasteiger charge is 2.53. The molecule has 2 fully saturated rings. The molecule has 1 spiro atoms. The molecule has 0 aromatic heterocycles. The number of benzene rings is 1. The molecule has 0 bridgehead atoms. The van der Waals surface area contributed by atoms with Crippen molar-refractivity contribution in [3.8, 4) is 11.8 Å². The molecule has 3 rings (SSSR count). The molecule has 2 N–H and O–H groups in total. The van der Waals surface area contributed by atoms with Crippen LogP contribution in [0.3, 0.4) is 0 Å². The minimum atomic E-state index is -4.46. The Labute approximate surface area is 191 Å². The van der Waals surface area contributed by atoms with Crippen LogP contribution in [0.2, 0.25) is 0 Å². The van der Waals surface area contributed by atoms with Gasteiger partial charge >= 0.3 is 12.2 Å². The number of hydrogen-bond donors (Lipinski definition) is 2. The van der Waals surface area contributed by atoms with E-state index in [-0.39, 0.29) is 23.4 Å². The van der Waals surface area contributed by atoms with Gasteiger partial charge < -0.3 is 10.6 Å². The molecule has 0 unspecified atom stereocenters. The third-order valence-corrected chi connectivity index (χ3v) is 6.41.